The van der Waals surface area contributed by atoms with E-state index < -0.39 is 0 Å². The van der Waals surface area contributed by atoms with Crippen molar-refractivity contribution in [2.75, 3.05) is 17.3 Å². The molecule has 0 aliphatic carbocycles. The van der Waals surface area contributed by atoms with Crippen molar-refractivity contribution in [3.05, 3.63) is 77.5 Å². The third-order valence-corrected chi connectivity index (χ3v) is 3.90. The Morgan fingerprint density at radius 2 is 1.75 bits per heavy atom. The summed E-state index contributed by atoms with van der Waals surface area (Å²) in [5.41, 5.74) is 3.70. The van der Waals surface area contributed by atoms with Crippen LogP contribution >= 0.6 is 0 Å². The first-order valence-corrected chi connectivity index (χ1v) is 7.95. The van der Waals surface area contributed by atoms with E-state index in [1.807, 2.05) is 37.4 Å². The maximum absolute atomic E-state index is 4.55. The normalized spacial score (nSPS) is 10.4. The molecule has 1 N–H and O–H groups in total. The van der Waals surface area contributed by atoms with Crippen LogP contribution in [0.3, 0.4) is 0 Å². The Labute approximate surface area is 142 Å². The number of hydrogen-bond acceptors (Lipinski definition) is 5. The standard InChI is InChI=1S/C19H21N5/c1-15-8-6-7-11-17(15)12-20-19-22-18(13-21-23-19)24(2)14-16-9-4-3-5-10-16/h3-11,13H,12,14H2,1-2H3,(H,20,22,23). The summed E-state index contributed by atoms with van der Waals surface area (Å²) in [6.45, 7) is 3.55. The van der Waals surface area contributed by atoms with Crippen LogP contribution < -0.4 is 10.2 Å². The third kappa shape index (κ3) is 4.07. The van der Waals surface area contributed by atoms with Crippen molar-refractivity contribution >= 4 is 11.8 Å². The Kier molecular flexibility index (Phi) is 5.01. The summed E-state index contributed by atoms with van der Waals surface area (Å²) in [7, 11) is 2.00. The van der Waals surface area contributed by atoms with E-state index in [2.05, 4.69) is 56.6 Å². The molecule has 24 heavy (non-hydrogen) atoms. The van der Waals surface area contributed by atoms with Gasteiger partial charge in [0.05, 0.1) is 6.20 Å². The molecular formula is C19H21N5. The Morgan fingerprint density at radius 1 is 1.00 bits per heavy atom. The van der Waals surface area contributed by atoms with Crippen molar-refractivity contribution in [1.29, 1.82) is 0 Å². The number of aryl methyl sites for hydroxylation is 1. The molecule has 0 amide bonds. The minimum Gasteiger partial charge on any atom is -0.354 e. The van der Waals surface area contributed by atoms with Gasteiger partial charge in [0, 0.05) is 20.1 Å². The molecule has 0 spiro atoms. The van der Waals surface area contributed by atoms with E-state index in [-0.39, 0.29) is 0 Å². The highest BCUT2D eigenvalue weighted by atomic mass is 15.3. The average Bonchev–Trinajstić information content (AvgIpc) is 2.62. The van der Waals surface area contributed by atoms with Gasteiger partial charge in [-0.1, -0.05) is 54.6 Å². The summed E-state index contributed by atoms with van der Waals surface area (Å²) in [6, 6.07) is 18.6. The maximum atomic E-state index is 4.55. The Hall–Kier alpha value is -2.95. The van der Waals surface area contributed by atoms with Crippen LogP contribution in [0, 0.1) is 6.92 Å². The molecule has 3 aromatic rings. The van der Waals surface area contributed by atoms with Crippen LogP contribution in [0.1, 0.15) is 16.7 Å². The summed E-state index contributed by atoms with van der Waals surface area (Å²) >= 11 is 0. The SMILES string of the molecule is Cc1ccccc1CNc1nncc(N(C)Cc2ccccc2)n1. The fraction of sp³-hybridized carbons (Fsp3) is 0.211. The number of anilines is 2. The van der Waals surface area contributed by atoms with Gasteiger partial charge in [0.25, 0.3) is 0 Å². The molecule has 3 rings (SSSR count). The van der Waals surface area contributed by atoms with Crippen molar-refractivity contribution in [3.8, 4) is 0 Å². The number of hydrogen-bond donors (Lipinski definition) is 1. The quantitative estimate of drug-likeness (QED) is 0.754. The molecule has 2 aromatic carbocycles. The molecule has 0 fully saturated rings. The Bertz CT molecular complexity index is 789. The fourth-order valence-electron chi connectivity index (χ4n) is 2.47. The molecule has 0 atom stereocenters. The van der Waals surface area contributed by atoms with Crippen LogP contribution in [-0.4, -0.2) is 22.2 Å². The van der Waals surface area contributed by atoms with Gasteiger partial charge in [-0.2, -0.15) is 10.1 Å². The summed E-state index contributed by atoms with van der Waals surface area (Å²) in [4.78, 5) is 6.61. The van der Waals surface area contributed by atoms with E-state index in [4.69, 9.17) is 0 Å². The van der Waals surface area contributed by atoms with E-state index in [9.17, 15) is 0 Å². The smallest absolute Gasteiger partial charge is 0.244 e. The van der Waals surface area contributed by atoms with Gasteiger partial charge >= 0.3 is 0 Å². The highest BCUT2D eigenvalue weighted by Gasteiger charge is 2.07. The van der Waals surface area contributed by atoms with Crippen LogP contribution in [0.5, 0.6) is 0 Å². The molecule has 5 heteroatoms. The lowest BCUT2D eigenvalue weighted by atomic mass is 10.1. The lowest BCUT2D eigenvalue weighted by Gasteiger charge is -2.18. The van der Waals surface area contributed by atoms with Gasteiger partial charge in [-0.15, -0.1) is 5.10 Å². The minimum atomic E-state index is 0.538. The number of nitrogens with one attached hydrogen (secondary N) is 1. The zero-order valence-corrected chi connectivity index (χ0v) is 14.0. The van der Waals surface area contributed by atoms with Crippen LogP contribution in [0.4, 0.5) is 11.8 Å². The molecule has 0 aliphatic rings. The molecular weight excluding hydrogens is 298 g/mol. The van der Waals surface area contributed by atoms with Gasteiger partial charge in [0.15, 0.2) is 5.82 Å². The predicted molar refractivity (Wildman–Crippen MR) is 96.9 cm³/mol. The largest absolute Gasteiger partial charge is 0.354 e. The molecule has 0 saturated carbocycles. The molecule has 1 aromatic heterocycles. The highest BCUT2D eigenvalue weighted by Crippen LogP contribution is 2.14. The minimum absolute atomic E-state index is 0.538. The van der Waals surface area contributed by atoms with Crippen molar-refractivity contribution in [2.24, 2.45) is 0 Å². The molecule has 122 valence electrons. The molecule has 0 radical (unpaired) electrons. The number of benzene rings is 2. The second kappa shape index (κ2) is 7.55. The van der Waals surface area contributed by atoms with Gasteiger partial charge < -0.3 is 10.2 Å². The average molecular weight is 319 g/mol. The van der Waals surface area contributed by atoms with Gasteiger partial charge in [0.1, 0.15) is 0 Å². The summed E-state index contributed by atoms with van der Waals surface area (Å²) in [6.07, 6.45) is 1.68. The van der Waals surface area contributed by atoms with Gasteiger partial charge in [-0.3, -0.25) is 0 Å². The first-order chi connectivity index (χ1) is 11.7. The fourth-order valence-corrected chi connectivity index (χ4v) is 2.47. The first kappa shape index (κ1) is 15.9. The lowest BCUT2D eigenvalue weighted by Crippen LogP contribution is -2.19. The molecule has 5 nitrogen and oxygen atoms in total. The van der Waals surface area contributed by atoms with Crippen molar-refractivity contribution < 1.29 is 0 Å². The number of nitrogens with zero attached hydrogens (tertiary/aromatic N) is 4. The number of aromatic nitrogens is 3. The molecule has 0 bridgehead atoms. The van der Waals surface area contributed by atoms with Gasteiger partial charge in [-0.25, -0.2) is 0 Å². The highest BCUT2D eigenvalue weighted by molar-refractivity contribution is 5.41. The van der Waals surface area contributed by atoms with E-state index in [1.165, 1.54) is 16.7 Å². The monoisotopic (exact) mass is 319 g/mol. The second-order valence-corrected chi connectivity index (χ2v) is 5.76. The Balaban J connectivity index is 1.66. The van der Waals surface area contributed by atoms with Crippen LogP contribution in [0.25, 0.3) is 0 Å². The summed E-state index contributed by atoms with van der Waals surface area (Å²) in [5, 5.41) is 11.4. The number of rotatable bonds is 6. The Morgan fingerprint density at radius 3 is 2.54 bits per heavy atom. The predicted octanol–water partition coefficient (Wildman–Crippen LogP) is 3.43. The van der Waals surface area contributed by atoms with Crippen molar-refractivity contribution in [3.63, 3.8) is 0 Å². The van der Waals surface area contributed by atoms with Gasteiger partial charge in [-0.05, 0) is 23.6 Å². The van der Waals surface area contributed by atoms with E-state index in [0.717, 1.165) is 12.4 Å². The van der Waals surface area contributed by atoms with E-state index in [0.29, 0.717) is 12.5 Å². The zero-order valence-electron chi connectivity index (χ0n) is 14.0. The first-order valence-electron chi connectivity index (χ1n) is 7.95. The van der Waals surface area contributed by atoms with E-state index >= 15 is 0 Å². The van der Waals surface area contributed by atoms with E-state index in [1.54, 1.807) is 6.20 Å². The summed E-state index contributed by atoms with van der Waals surface area (Å²) in [5.74, 6) is 1.33. The van der Waals surface area contributed by atoms with Crippen LogP contribution in [0.15, 0.2) is 60.8 Å². The lowest BCUT2D eigenvalue weighted by molar-refractivity contribution is 0.858. The van der Waals surface area contributed by atoms with Crippen molar-refractivity contribution in [1.82, 2.24) is 15.2 Å². The second-order valence-electron chi connectivity index (χ2n) is 5.76. The summed E-state index contributed by atoms with van der Waals surface area (Å²) < 4.78 is 0. The molecule has 1 heterocycles. The topological polar surface area (TPSA) is 53.9 Å². The molecule has 0 saturated heterocycles. The van der Waals surface area contributed by atoms with Crippen LogP contribution in [-0.2, 0) is 13.1 Å². The molecule has 0 aliphatic heterocycles. The third-order valence-electron chi connectivity index (χ3n) is 3.90. The van der Waals surface area contributed by atoms with Crippen LogP contribution in [0.2, 0.25) is 0 Å². The maximum Gasteiger partial charge on any atom is 0.244 e. The van der Waals surface area contributed by atoms with Gasteiger partial charge in [0.2, 0.25) is 5.95 Å². The molecule has 0 unspecified atom stereocenters. The van der Waals surface area contributed by atoms with Crippen molar-refractivity contribution in [2.45, 2.75) is 20.0 Å². The zero-order chi connectivity index (χ0) is 16.8.